The Hall–Kier alpha value is -4.00. The second-order valence-electron chi connectivity index (χ2n) is 7.03. The highest BCUT2D eigenvalue weighted by Crippen LogP contribution is 2.26. The maximum Gasteiger partial charge on any atom is 0.180 e. The van der Waals surface area contributed by atoms with Crippen LogP contribution in [0.1, 0.15) is 11.4 Å². The first-order valence-electron chi connectivity index (χ1n) is 9.67. The van der Waals surface area contributed by atoms with E-state index in [-0.39, 0.29) is 0 Å². The molecule has 5 rings (SSSR count). The van der Waals surface area contributed by atoms with Gasteiger partial charge in [0.25, 0.3) is 0 Å². The van der Waals surface area contributed by atoms with Crippen LogP contribution in [0.5, 0.6) is 5.75 Å². The smallest absolute Gasteiger partial charge is 0.180 e. The topological polar surface area (TPSA) is 77.2 Å². The number of hydrogen-bond donors (Lipinski definition) is 1. The molecule has 0 bridgehead atoms. The second kappa shape index (κ2) is 7.44. The van der Waals surface area contributed by atoms with Crippen molar-refractivity contribution in [3.05, 3.63) is 78.2 Å². The van der Waals surface area contributed by atoms with Crippen molar-refractivity contribution in [1.29, 1.82) is 0 Å². The lowest BCUT2D eigenvalue weighted by molar-refractivity contribution is 0.415. The Morgan fingerprint density at radius 1 is 1.00 bits per heavy atom. The third-order valence-electron chi connectivity index (χ3n) is 5.08. The minimum atomic E-state index is 0.483. The SMILES string of the molecule is COc1ccc2c(NCc3nnc4c(C)cc(-c5ccccc5)nn34)ccnc2c1. The van der Waals surface area contributed by atoms with Crippen molar-refractivity contribution in [3.63, 3.8) is 0 Å². The Kier molecular flexibility index (Phi) is 4.48. The molecular formula is C23H20N6O. The van der Waals surface area contributed by atoms with Gasteiger partial charge in [0.05, 0.1) is 24.9 Å². The average Bonchev–Trinajstić information content (AvgIpc) is 3.21. The van der Waals surface area contributed by atoms with Gasteiger partial charge in [-0.05, 0) is 36.8 Å². The van der Waals surface area contributed by atoms with E-state index in [1.165, 1.54) is 0 Å². The molecule has 0 spiro atoms. The Labute approximate surface area is 173 Å². The number of hydrogen-bond acceptors (Lipinski definition) is 6. The summed E-state index contributed by atoms with van der Waals surface area (Å²) in [5.41, 5.74) is 5.58. The zero-order valence-electron chi connectivity index (χ0n) is 16.7. The number of aromatic nitrogens is 5. The molecule has 0 saturated carbocycles. The second-order valence-corrected chi connectivity index (χ2v) is 7.03. The molecule has 0 aliphatic rings. The Bertz CT molecular complexity index is 1350. The van der Waals surface area contributed by atoms with Gasteiger partial charge in [-0.3, -0.25) is 4.98 Å². The zero-order chi connectivity index (χ0) is 20.5. The molecule has 30 heavy (non-hydrogen) atoms. The van der Waals surface area contributed by atoms with E-state index in [1.807, 2.05) is 72.1 Å². The molecular weight excluding hydrogens is 376 g/mol. The van der Waals surface area contributed by atoms with Crippen molar-refractivity contribution < 1.29 is 4.74 Å². The Morgan fingerprint density at radius 2 is 1.87 bits per heavy atom. The predicted molar refractivity (Wildman–Crippen MR) is 117 cm³/mol. The average molecular weight is 396 g/mol. The first kappa shape index (κ1) is 18.1. The van der Waals surface area contributed by atoms with E-state index in [9.17, 15) is 0 Å². The largest absolute Gasteiger partial charge is 0.497 e. The van der Waals surface area contributed by atoms with Crippen molar-refractivity contribution in [2.24, 2.45) is 0 Å². The van der Waals surface area contributed by atoms with Crippen molar-refractivity contribution in [2.75, 3.05) is 12.4 Å². The lowest BCUT2D eigenvalue weighted by atomic mass is 10.1. The molecule has 0 radical (unpaired) electrons. The summed E-state index contributed by atoms with van der Waals surface area (Å²) >= 11 is 0. The minimum Gasteiger partial charge on any atom is -0.497 e. The van der Waals surface area contributed by atoms with Crippen LogP contribution in [-0.4, -0.2) is 31.9 Å². The summed E-state index contributed by atoms with van der Waals surface area (Å²) in [6, 6.07) is 20.0. The number of aryl methyl sites for hydroxylation is 1. The number of methoxy groups -OCH3 is 1. The molecule has 0 aliphatic heterocycles. The van der Waals surface area contributed by atoms with Gasteiger partial charge in [-0.25, -0.2) is 0 Å². The molecule has 0 unspecified atom stereocenters. The highest BCUT2D eigenvalue weighted by atomic mass is 16.5. The van der Waals surface area contributed by atoms with Gasteiger partial charge in [0.15, 0.2) is 11.5 Å². The van der Waals surface area contributed by atoms with Crippen molar-refractivity contribution in [3.8, 4) is 17.0 Å². The van der Waals surface area contributed by atoms with Gasteiger partial charge in [0.2, 0.25) is 0 Å². The number of fused-ring (bicyclic) bond motifs is 2. The summed E-state index contributed by atoms with van der Waals surface area (Å²) in [5.74, 6) is 1.52. The molecule has 0 aliphatic carbocycles. The summed E-state index contributed by atoms with van der Waals surface area (Å²) in [4.78, 5) is 4.44. The fourth-order valence-electron chi connectivity index (χ4n) is 3.51. The number of ether oxygens (including phenoxy) is 1. The highest BCUT2D eigenvalue weighted by molar-refractivity contribution is 5.91. The standard InChI is InChI=1S/C23H20N6O/c1-15-12-20(16-6-4-3-5-7-16)28-29-22(26-27-23(15)29)14-25-19-10-11-24-21-13-17(30-2)8-9-18(19)21/h3-13H,14H2,1-2H3,(H,24,25). The minimum absolute atomic E-state index is 0.483. The summed E-state index contributed by atoms with van der Waals surface area (Å²) in [5, 5.41) is 18.0. The fourth-order valence-corrected chi connectivity index (χ4v) is 3.51. The molecule has 7 nitrogen and oxygen atoms in total. The number of rotatable bonds is 5. The van der Waals surface area contributed by atoms with Gasteiger partial charge >= 0.3 is 0 Å². The van der Waals surface area contributed by atoms with Crippen LogP contribution in [0.4, 0.5) is 5.69 Å². The van der Waals surface area contributed by atoms with Gasteiger partial charge in [-0.15, -0.1) is 10.2 Å². The van der Waals surface area contributed by atoms with Gasteiger partial charge in [-0.2, -0.15) is 9.61 Å². The number of benzene rings is 2. The van der Waals surface area contributed by atoms with Crippen LogP contribution in [0, 0.1) is 6.92 Å². The molecule has 7 heteroatoms. The van der Waals surface area contributed by atoms with E-state index in [0.29, 0.717) is 6.54 Å². The van der Waals surface area contributed by atoms with Crippen LogP contribution in [0.3, 0.4) is 0 Å². The van der Waals surface area contributed by atoms with E-state index in [2.05, 4.69) is 20.5 Å². The molecule has 3 heterocycles. The monoisotopic (exact) mass is 396 g/mol. The first-order chi connectivity index (χ1) is 14.7. The predicted octanol–water partition coefficient (Wildman–Crippen LogP) is 4.27. The first-order valence-corrected chi connectivity index (χ1v) is 9.67. The van der Waals surface area contributed by atoms with E-state index in [1.54, 1.807) is 13.3 Å². The molecule has 0 fully saturated rings. The van der Waals surface area contributed by atoms with Gasteiger partial charge in [0, 0.05) is 28.9 Å². The van der Waals surface area contributed by atoms with Crippen LogP contribution < -0.4 is 10.1 Å². The maximum atomic E-state index is 5.30. The molecule has 3 aromatic heterocycles. The maximum absolute atomic E-state index is 5.30. The Morgan fingerprint density at radius 3 is 2.70 bits per heavy atom. The molecule has 0 amide bonds. The zero-order valence-corrected chi connectivity index (χ0v) is 16.7. The van der Waals surface area contributed by atoms with Crippen molar-refractivity contribution in [2.45, 2.75) is 13.5 Å². The number of anilines is 1. The van der Waals surface area contributed by atoms with Gasteiger partial charge < -0.3 is 10.1 Å². The van der Waals surface area contributed by atoms with Crippen LogP contribution >= 0.6 is 0 Å². The Balaban J connectivity index is 1.49. The van der Waals surface area contributed by atoms with Gasteiger partial charge in [-0.1, -0.05) is 30.3 Å². The van der Waals surface area contributed by atoms with Gasteiger partial charge in [0.1, 0.15) is 5.75 Å². The quantitative estimate of drug-likeness (QED) is 0.478. The molecule has 0 saturated heterocycles. The number of nitrogens with one attached hydrogen (secondary N) is 1. The summed E-state index contributed by atoms with van der Waals surface area (Å²) in [6.45, 7) is 2.51. The molecule has 0 atom stereocenters. The third-order valence-corrected chi connectivity index (χ3v) is 5.08. The molecule has 1 N–H and O–H groups in total. The van der Waals surface area contributed by atoms with Crippen LogP contribution in [0.25, 0.3) is 27.8 Å². The summed E-state index contributed by atoms with van der Waals surface area (Å²) < 4.78 is 7.11. The molecule has 148 valence electrons. The summed E-state index contributed by atoms with van der Waals surface area (Å²) in [7, 11) is 1.65. The fraction of sp³-hybridized carbons (Fsp3) is 0.130. The van der Waals surface area contributed by atoms with E-state index < -0.39 is 0 Å². The van der Waals surface area contributed by atoms with Crippen molar-refractivity contribution in [1.82, 2.24) is 24.8 Å². The summed E-state index contributed by atoms with van der Waals surface area (Å²) in [6.07, 6.45) is 1.78. The number of pyridine rings is 1. The lowest BCUT2D eigenvalue weighted by Crippen LogP contribution is -2.07. The van der Waals surface area contributed by atoms with E-state index in [0.717, 1.165) is 50.6 Å². The van der Waals surface area contributed by atoms with Crippen LogP contribution in [0.2, 0.25) is 0 Å². The van der Waals surface area contributed by atoms with Crippen molar-refractivity contribution >= 4 is 22.2 Å². The molecule has 5 aromatic rings. The number of nitrogens with zero attached hydrogens (tertiary/aromatic N) is 5. The van der Waals surface area contributed by atoms with Crippen LogP contribution in [-0.2, 0) is 6.54 Å². The van der Waals surface area contributed by atoms with E-state index >= 15 is 0 Å². The lowest BCUT2D eigenvalue weighted by Gasteiger charge is -2.10. The normalized spacial score (nSPS) is 11.1. The van der Waals surface area contributed by atoms with Crippen LogP contribution in [0.15, 0.2) is 66.9 Å². The molecule has 2 aromatic carbocycles. The third kappa shape index (κ3) is 3.20. The highest BCUT2D eigenvalue weighted by Gasteiger charge is 2.12. The van der Waals surface area contributed by atoms with E-state index in [4.69, 9.17) is 9.84 Å².